The summed E-state index contributed by atoms with van der Waals surface area (Å²) in [5.74, 6) is 1.78. The van der Waals surface area contributed by atoms with Crippen LogP contribution in [0.15, 0.2) is 30.1 Å². The Bertz CT molecular complexity index is 742. The second-order valence-corrected chi connectivity index (χ2v) is 8.78. The number of aliphatic hydroxyl groups is 1. The standard InChI is InChI=1S/C24H40N6O.C2H6/c1-4-7-21(30-16-14-28(3)15-17-30)8-5-9-23-26-18-20(2)24(27-23)25-11-6-12-29-13-10-22(31)19-29;1-2/h5,7-8,18,22,31H,4,6,9-17,19H2,1-3H3,(H,25,26,27);1-2H3/b8-5-,21-7+;/t22-;/m1./s1. The van der Waals surface area contributed by atoms with Crippen molar-refractivity contribution in [1.82, 2.24) is 24.7 Å². The molecule has 3 heterocycles. The van der Waals surface area contributed by atoms with Crippen LogP contribution < -0.4 is 5.32 Å². The van der Waals surface area contributed by atoms with Crippen molar-refractivity contribution >= 4 is 5.82 Å². The Morgan fingerprint density at radius 1 is 1.21 bits per heavy atom. The summed E-state index contributed by atoms with van der Waals surface area (Å²) in [5.41, 5.74) is 2.39. The predicted octanol–water partition coefficient (Wildman–Crippen LogP) is 3.32. The van der Waals surface area contributed by atoms with Gasteiger partial charge in [-0.15, -0.1) is 0 Å². The summed E-state index contributed by atoms with van der Waals surface area (Å²) in [4.78, 5) is 16.5. The molecule has 2 N–H and O–H groups in total. The largest absolute Gasteiger partial charge is 0.392 e. The van der Waals surface area contributed by atoms with E-state index in [0.717, 1.165) is 95.2 Å². The highest BCUT2D eigenvalue weighted by Gasteiger charge is 2.19. The SMILES string of the molecule is CC.CC/C=C(\C=C/Cc1ncc(C)c(NCCCN2CC[C@@H](O)C2)n1)N1CCN(C)CC1. The molecule has 2 fully saturated rings. The molecule has 2 aliphatic heterocycles. The first-order chi connectivity index (χ1) is 16.0. The maximum atomic E-state index is 9.63. The molecule has 0 spiro atoms. The molecule has 0 bridgehead atoms. The minimum atomic E-state index is -0.142. The van der Waals surface area contributed by atoms with Crippen molar-refractivity contribution < 1.29 is 5.11 Å². The second-order valence-electron chi connectivity index (χ2n) is 8.78. The van der Waals surface area contributed by atoms with Gasteiger partial charge in [-0.1, -0.05) is 32.9 Å². The van der Waals surface area contributed by atoms with Gasteiger partial charge >= 0.3 is 0 Å². The topological polar surface area (TPSA) is 67.8 Å². The van der Waals surface area contributed by atoms with Gasteiger partial charge in [0, 0.05) is 69.7 Å². The van der Waals surface area contributed by atoms with Crippen molar-refractivity contribution in [3.05, 3.63) is 41.5 Å². The van der Waals surface area contributed by atoms with Crippen molar-refractivity contribution in [2.24, 2.45) is 0 Å². The van der Waals surface area contributed by atoms with Crippen LogP contribution in [0.25, 0.3) is 0 Å². The summed E-state index contributed by atoms with van der Waals surface area (Å²) in [6, 6.07) is 0. The van der Waals surface area contributed by atoms with E-state index in [1.165, 1.54) is 5.70 Å². The molecule has 0 saturated carbocycles. The zero-order chi connectivity index (χ0) is 24.1. The molecule has 7 nitrogen and oxygen atoms in total. The highest BCUT2D eigenvalue weighted by Crippen LogP contribution is 2.14. The zero-order valence-electron chi connectivity index (χ0n) is 21.6. The summed E-state index contributed by atoms with van der Waals surface area (Å²) in [6.07, 6.45) is 12.2. The Morgan fingerprint density at radius 3 is 2.64 bits per heavy atom. The van der Waals surface area contributed by atoms with Crippen LogP contribution >= 0.6 is 0 Å². The van der Waals surface area contributed by atoms with Crippen LogP contribution in [0.4, 0.5) is 5.82 Å². The molecular weight excluding hydrogens is 412 g/mol. The van der Waals surface area contributed by atoms with Gasteiger partial charge in [-0.25, -0.2) is 9.97 Å². The predicted molar refractivity (Wildman–Crippen MR) is 139 cm³/mol. The highest BCUT2D eigenvalue weighted by molar-refractivity contribution is 5.42. The third-order valence-electron chi connectivity index (χ3n) is 6.08. The average molecular weight is 459 g/mol. The van der Waals surface area contributed by atoms with Gasteiger partial charge in [0.1, 0.15) is 11.6 Å². The lowest BCUT2D eigenvalue weighted by molar-refractivity contribution is 0.176. The summed E-state index contributed by atoms with van der Waals surface area (Å²) < 4.78 is 0. The first kappa shape index (κ1) is 27.3. The molecule has 2 aliphatic rings. The molecule has 1 aromatic rings. The van der Waals surface area contributed by atoms with E-state index in [4.69, 9.17) is 4.98 Å². The van der Waals surface area contributed by atoms with E-state index in [-0.39, 0.29) is 6.10 Å². The van der Waals surface area contributed by atoms with E-state index >= 15 is 0 Å². The van der Waals surface area contributed by atoms with Crippen LogP contribution in [0.5, 0.6) is 0 Å². The molecule has 0 aromatic carbocycles. The number of piperazine rings is 1. The van der Waals surface area contributed by atoms with Gasteiger partial charge in [0.05, 0.1) is 6.10 Å². The van der Waals surface area contributed by atoms with Gasteiger partial charge < -0.3 is 25.1 Å². The molecule has 0 unspecified atom stereocenters. The highest BCUT2D eigenvalue weighted by atomic mass is 16.3. The van der Waals surface area contributed by atoms with E-state index in [1.807, 2.05) is 27.0 Å². The lowest BCUT2D eigenvalue weighted by Crippen LogP contribution is -2.43. The molecule has 7 heteroatoms. The van der Waals surface area contributed by atoms with Crippen molar-refractivity contribution in [3.8, 4) is 0 Å². The Morgan fingerprint density at radius 2 is 1.97 bits per heavy atom. The lowest BCUT2D eigenvalue weighted by Gasteiger charge is -2.34. The molecule has 0 aliphatic carbocycles. The van der Waals surface area contributed by atoms with Gasteiger partial charge in [-0.3, -0.25) is 0 Å². The van der Waals surface area contributed by atoms with Crippen LogP contribution in [-0.2, 0) is 6.42 Å². The number of likely N-dealkylation sites (tertiary alicyclic amines) is 1. The number of aryl methyl sites for hydroxylation is 1. The smallest absolute Gasteiger partial charge is 0.134 e. The summed E-state index contributed by atoms with van der Waals surface area (Å²) in [6.45, 7) is 16.3. The number of likely N-dealkylation sites (N-methyl/N-ethyl adjacent to an activating group) is 1. The first-order valence-electron chi connectivity index (χ1n) is 12.8. The zero-order valence-corrected chi connectivity index (χ0v) is 21.6. The third-order valence-corrected chi connectivity index (χ3v) is 6.08. The quantitative estimate of drug-likeness (QED) is 0.412. The fraction of sp³-hybridized carbons (Fsp3) is 0.692. The first-order valence-corrected chi connectivity index (χ1v) is 12.8. The van der Waals surface area contributed by atoms with Crippen molar-refractivity contribution in [3.63, 3.8) is 0 Å². The number of hydrogen-bond donors (Lipinski definition) is 2. The van der Waals surface area contributed by atoms with E-state index in [9.17, 15) is 5.11 Å². The van der Waals surface area contributed by atoms with E-state index in [1.54, 1.807) is 0 Å². The maximum Gasteiger partial charge on any atom is 0.134 e. The molecule has 2 saturated heterocycles. The minimum absolute atomic E-state index is 0.142. The summed E-state index contributed by atoms with van der Waals surface area (Å²) in [5, 5.41) is 13.1. The van der Waals surface area contributed by atoms with Crippen LogP contribution in [0.3, 0.4) is 0 Å². The normalized spacial score (nSPS) is 20.2. The summed E-state index contributed by atoms with van der Waals surface area (Å²) >= 11 is 0. The van der Waals surface area contributed by atoms with Gasteiger partial charge in [-0.05, 0) is 45.9 Å². The third kappa shape index (κ3) is 9.43. The maximum absolute atomic E-state index is 9.63. The molecule has 0 amide bonds. The monoisotopic (exact) mass is 458 g/mol. The number of nitrogens with one attached hydrogen (secondary N) is 1. The molecule has 1 aromatic heterocycles. The number of anilines is 1. The van der Waals surface area contributed by atoms with Gasteiger partial charge in [0.15, 0.2) is 0 Å². The molecule has 33 heavy (non-hydrogen) atoms. The van der Waals surface area contributed by atoms with Gasteiger partial charge in [-0.2, -0.15) is 0 Å². The number of hydrogen-bond acceptors (Lipinski definition) is 7. The van der Waals surface area contributed by atoms with E-state index < -0.39 is 0 Å². The van der Waals surface area contributed by atoms with Crippen LogP contribution in [0.2, 0.25) is 0 Å². The van der Waals surface area contributed by atoms with Crippen molar-refractivity contribution in [1.29, 1.82) is 0 Å². The van der Waals surface area contributed by atoms with Crippen LogP contribution in [-0.4, -0.2) is 95.3 Å². The van der Waals surface area contributed by atoms with Gasteiger partial charge in [0.25, 0.3) is 0 Å². The number of aromatic nitrogens is 2. The van der Waals surface area contributed by atoms with Gasteiger partial charge in [0.2, 0.25) is 0 Å². The molecule has 0 radical (unpaired) electrons. The van der Waals surface area contributed by atoms with Crippen LogP contribution in [0.1, 0.15) is 51.4 Å². The molecule has 3 rings (SSSR count). The number of β-amino-alcohol motifs (C(OH)–C–C–N with tert-alkyl or cyclic N) is 1. The van der Waals surface area contributed by atoms with Crippen LogP contribution in [0, 0.1) is 6.92 Å². The Balaban J connectivity index is 0.00000187. The van der Waals surface area contributed by atoms with Crippen molar-refractivity contribution in [2.75, 3.05) is 64.7 Å². The minimum Gasteiger partial charge on any atom is -0.392 e. The number of rotatable bonds is 10. The molecule has 186 valence electrons. The number of aliphatic hydroxyl groups excluding tert-OH is 1. The molecular formula is C26H46N6O. The summed E-state index contributed by atoms with van der Waals surface area (Å²) in [7, 11) is 2.19. The second kappa shape index (κ2) is 15.0. The van der Waals surface area contributed by atoms with E-state index in [2.05, 4.69) is 57.2 Å². The Hall–Kier alpha value is -1.96. The Kier molecular flexibility index (Phi) is 12.4. The van der Waals surface area contributed by atoms with E-state index in [0.29, 0.717) is 0 Å². The average Bonchev–Trinajstić information content (AvgIpc) is 3.24. The number of allylic oxidation sites excluding steroid dienone is 3. The van der Waals surface area contributed by atoms with Crippen molar-refractivity contribution in [2.45, 2.75) is 59.5 Å². The fourth-order valence-electron chi connectivity index (χ4n) is 4.14. The number of nitrogens with zero attached hydrogens (tertiary/aromatic N) is 5. The Labute approximate surface area is 201 Å². The fourth-order valence-corrected chi connectivity index (χ4v) is 4.14. The lowest BCUT2D eigenvalue weighted by atomic mass is 10.2. The molecule has 1 atom stereocenters.